The number of carbonyl (C=O) groups is 3. The van der Waals surface area contributed by atoms with E-state index >= 15 is 0 Å². The molecule has 3 amide bonds. The van der Waals surface area contributed by atoms with Crippen LogP contribution in [0.3, 0.4) is 0 Å². The number of rotatable bonds is 10. The molecule has 188 valence electrons. The summed E-state index contributed by atoms with van der Waals surface area (Å²) in [4.78, 5) is 37.7. The van der Waals surface area contributed by atoms with Gasteiger partial charge in [0.25, 0.3) is 5.91 Å². The molecule has 1 heterocycles. The first kappa shape index (κ1) is 25.2. The number of benzene rings is 3. The zero-order valence-electron chi connectivity index (χ0n) is 20.3. The van der Waals surface area contributed by atoms with E-state index in [1.54, 1.807) is 54.6 Å². The van der Waals surface area contributed by atoms with Gasteiger partial charge in [-0.2, -0.15) is 0 Å². The van der Waals surface area contributed by atoms with Gasteiger partial charge in [-0.1, -0.05) is 36.4 Å². The van der Waals surface area contributed by atoms with E-state index in [1.165, 1.54) is 12.1 Å². The highest BCUT2D eigenvalue weighted by Crippen LogP contribution is 2.35. The lowest BCUT2D eigenvalue weighted by Crippen LogP contribution is -2.30. The average molecular weight is 499 g/mol. The minimum Gasteiger partial charge on any atom is -0.490 e. The number of amides is 3. The van der Waals surface area contributed by atoms with Crippen molar-refractivity contribution in [1.29, 1.82) is 0 Å². The van der Waals surface area contributed by atoms with Gasteiger partial charge in [0.1, 0.15) is 12.3 Å². The summed E-state index contributed by atoms with van der Waals surface area (Å²) in [6.45, 7) is 6.27. The molecular formula is C29H26N2O6. The number of carboxylic acids is 1. The lowest BCUT2D eigenvalue weighted by atomic mass is 10.0. The number of ether oxygens (including phenoxy) is 2. The molecule has 0 aliphatic carbocycles. The van der Waals surface area contributed by atoms with Gasteiger partial charge in [-0.05, 0) is 66.9 Å². The van der Waals surface area contributed by atoms with Gasteiger partial charge in [-0.15, -0.1) is 6.58 Å². The number of imide groups is 1. The number of hydrogen-bond acceptors (Lipinski definition) is 5. The van der Waals surface area contributed by atoms with Gasteiger partial charge in [0.2, 0.25) is 0 Å². The molecule has 0 unspecified atom stereocenters. The van der Waals surface area contributed by atoms with E-state index in [-0.39, 0.29) is 17.9 Å². The van der Waals surface area contributed by atoms with Crippen LogP contribution in [0.2, 0.25) is 0 Å². The molecule has 0 spiro atoms. The van der Waals surface area contributed by atoms with Crippen LogP contribution in [0.5, 0.6) is 11.5 Å². The van der Waals surface area contributed by atoms with Gasteiger partial charge in [0, 0.05) is 5.56 Å². The van der Waals surface area contributed by atoms with E-state index in [2.05, 4.69) is 11.9 Å². The number of carbonyl (C=O) groups excluding carboxylic acids is 2. The maximum absolute atomic E-state index is 13.0. The number of hydrogen-bond donors (Lipinski definition) is 2. The third-order valence-electron chi connectivity index (χ3n) is 5.61. The number of aromatic carboxylic acids is 1. The normalized spacial score (nSPS) is 14.0. The van der Waals surface area contributed by atoms with Gasteiger partial charge in [0.15, 0.2) is 11.5 Å². The van der Waals surface area contributed by atoms with Crippen molar-refractivity contribution >= 4 is 29.7 Å². The van der Waals surface area contributed by atoms with E-state index in [4.69, 9.17) is 14.6 Å². The quantitative estimate of drug-likeness (QED) is 0.227. The molecule has 1 aliphatic heterocycles. The fraction of sp³-hybridized carbons (Fsp3) is 0.138. The average Bonchev–Trinajstić information content (AvgIpc) is 3.17. The minimum atomic E-state index is -0.993. The van der Waals surface area contributed by atoms with Crippen molar-refractivity contribution in [3.05, 3.63) is 107 Å². The number of allylic oxidation sites excluding steroid dienone is 1. The third-order valence-corrected chi connectivity index (χ3v) is 5.61. The molecule has 3 aromatic rings. The fourth-order valence-corrected chi connectivity index (χ4v) is 3.91. The fourth-order valence-electron chi connectivity index (χ4n) is 3.91. The largest absolute Gasteiger partial charge is 0.490 e. The first-order chi connectivity index (χ1) is 17.9. The summed E-state index contributed by atoms with van der Waals surface area (Å²) in [6, 6.07) is 18.2. The standard InChI is InChI=1S/C29H26N2O6/c1-3-8-22-15-20(16-24-27(32)31(29(35)30-24)23-9-6-5-7-10-23)17-25(36-4-2)26(22)37-18-19-11-13-21(14-12-19)28(33)34/h3,5-7,9-17H,1,4,8,18H2,2H3,(H,30,35)(H,33,34)/b24-16+. The molecule has 0 atom stereocenters. The SMILES string of the molecule is C=CCc1cc(/C=C2/NC(=O)N(c3ccccc3)C2=O)cc(OCC)c1OCc1ccc(C(=O)O)cc1. The summed E-state index contributed by atoms with van der Waals surface area (Å²) < 4.78 is 12.0. The van der Waals surface area contributed by atoms with Crippen LogP contribution >= 0.6 is 0 Å². The highest BCUT2D eigenvalue weighted by molar-refractivity contribution is 6.28. The zero-order valence-corrected chi connectivity index (χ0v) is 20.3. The number of carboxylic acid groups (broad SMARTS) is 1. The summed E-state index contributed by atoms with van der Waals surface area (Å²) in [5.41, 5.74) is 3.05. The highest BCUT2D eigenvalue weighted by Gasteiger charge is 2.34. The molecule has 0 bridgehead atoms. The van der Waals surface area contributed by atoms with Gasteiger partial charge >= 0.3 is 12.0 Å². The Balaban J connectivity index is 1.63. The molecule has 0 aromatic heterocycles. The molecule has 0 radical (unpaired) electrons. The van der Waals surface area contributed by atoms with Crippen molar-refractivity contribution in [3.63, 3.8) is 0 Å². The lowest BCUT2D eigenvalue weighted by molar-refractivity contribution is -0.113. The van der Waals surface area contributed by atoms with Crippen molar-refractivity contribution in [3.8, 4) is 11.5 Å². The Morgan fingerprint density at radius 2 is 1.78 bits per heavy atom. The Kier molecular flexibility index (Phi) is 7.68. The Morgan fingerprint density at radius 3 is 2.43 bits per heavy atom. The molecule has 0 saturated carbocycles. The van der Waals surface area contributed by atoms with Crippen LogP contribution in [0.1, 0.15) is 34.0 Å². The third kappa shape index (κ3) is 5.70. The first-order valence-corrected chi connectivity index (χ1v) is 11.7. The number of urea groups is 1. The van der Waals surface area contributed by atoms with Gasteiger partial charge in [-0.25, -0.2) is 14.5 Å². The smallest absolute Gasteiger partial charge is 0.335 e. The van der Waals surface area contributed by atoms with Crippen LogP contribution in [0.25, 0.3) is 6.08 Å². The molecule has 3 aromatic carbocycles. The van der Waals surface area contributed by atoms with Gasteiger partial charge < -0.3 is 19.9 Å². The van der Waals surface area contributed by atoms with Crippen molar-refractivity contribution < 1.29 is 29.0 Å². The van der Waals surface area contributed by atoms with Crippen LogP contribution in [0.15, 0.2) is 85.1 Å². The summed E-state index contributed by atoms with van der Waals surface area (Å²) >= 11 is 0. The van der Waals surface area contributed by atoms with E-state index in [1.807, 2.05) is 19.1 Å². The molecule has 1 fully saturated rings. The summed E-state index contributed by atoms with van der Waals surface area (Å²) in [7, 11) is 0. The summed E-state index contributed by atoms with van der Waals surface area (Å²) in [5, 5.41) is 11.7. The molecule has 4 rings (SSSR count). The van der Waals surface area contributed by atoms with Gasteiger partial charge in [-0.3, -0.25) is 4.79 Å². The van der Waals surface area contributed by atoms with E-state index in [9.17, 15) is 14.4 Å². The van der Waals surface area contributed by atoms with E-state index in [0.717, 1.165) is 16.0 Å². The predicted molar refractivity (Wildman–Crippen MR) is 140 cm³/mol. The first-order valence-electron chi connectivity index (χ1n) is 11.7. The summed E-state index contributed by atoms with van der Waals surface area (Å²) in [5.74, 6) is -0.441. The maximum atomic E-state index is 13.0. The predicted octanol–water partition coefficient (Wildman–Crippen LogP) is 5.19. The number of anilines is 1. The van der Waals surface area contributed by atoms with Crippen molar-refractivity contribution in [2.45, 2.75) is 20.0 Å². The van der Waals surface area contributed by atoms with E-state index < -0.39 is 17.9 Å². The monoisotopic (exact) mass is 498 g/mol. The van der Waals surface area contributed by atoms with Crippen LogP contribution in [-0.2, 0) is 17.8 Å². The molecular weight excluding hydrogens is 472 g/mol. The summed E-state index contributed by atoms with van der Waals surface area (Å²) in [6.07, 6.45) is 3.81. The Labute approximate surface area is 214 Å². The lowest BCUT2D eigenvalue weighted by Gasteiger charge is -2.17. The van der Waals surface area contributed by atoms with Crippen LogP contribution in [0, 0.1) is 0 Å². The van der Waals surface area contributed by atoms with Crippen molar-refractivity contribution in [1.82, 2.24) is 5.32 Å². The Morgan fingerprint density at radius 1 is 1.05 bits per heavy atom. The Hall–Kier alpha value is -4.85. The molecule has 2 N–H and O–H groups in total. The molecule has 1 saturated heterocycles. The zero-order chi connectivity index (χ0) is 26.4. The van der Waals surface area contributed by atoms with E-state index in [0.29, 0.717) is 35.8 Å². The topological polar surface area (TPSA) is 105 Å². The number of nitrogens with one attached hydrogen (secondary N) is 1. The second-order valence-electron chi connectivity index (χ2n) is 8.19. The minimum absolute atomic E-state index is 0.146. The maximum Gasteiger partial charge on any atom is 0.335 e. The number of para-hydroxylation sites is 1. The second kappa shape index (κ2) is 11.3. The molecule has 1 aliphatic rings. The van der Waals surface area contributed by atoms with Crippen LogP contribution in [0.4, 0.5) is 10.5 Å². The van der Waals surface area contributed by atoms with Crippen LogP contribution in [-0.4, -0.2) is 29.6 Å². The molecule has 8 nitrogen and oxygen atoms in total. The van der Waals surface area contributed by atoms with Crippen molar-refractivity contribution in [2.75, 3.05) is 11.5 Å². The van der Waals surface area contributed by atoms with Crippen LogP contribution < -0.4 is 19.7 Å². The number of nitrogens with zero attached hydrogens (tertiary/aromatic N) is 1. The molecule has 37 heavy (non-hydrogen) atoms. The highest BCUT2D eigenvalue weighted by atomic mass is 16.5. The Bertz CT molecular complexity index is 1360. The van der Waals surface area contributed by atoms with Crippen molar-refractivity contribution in [2.24, 2.45) is 0 Å². The molecule has 8 heteroatoms. The second-order valence-corrected chi connectivity index (χ2v) is 8.19. The van der Waals surface area contributed by atoms with Gasteiger partial charge in [0.05, 0.1) is 17.9 Å².